The number of H-pyrrole nitrogens is 1. The summed E-state index contributed by atoms with van der Waals surface area (Å²) >= 11 is 1.59. The number of carbonyl (C=O) groups is 1. The fourth-order valence-corrected chi connectivity index (χ4v) is 2.51. The van der Waals surface area contributed by atoms with Crippen LogP contribution in [-0.4, -0.2) is 28.5 Å². The molecule has 0 radical (unpaired) electrons. The zero-order valence-corrected chi connectivity index (χ0v) is 12.7. The van der Waals surface area contributed by atoms with Crippen molar-refractivity contribution < 1.29 is 9.53 Å². The lowest BCUT2D eigenvalue weighted by molar-refractivity contribution is -0.144. The third-order valence-corrected chi connectivity index (χ3v) is 4.01. The van der Waals surface area contributed by atoms with Crippen LogP contribution in [0.1, 0.15) is 46.0 Å². The van der Waals surface area contributed by atoms with Crippen molar-refractivity contribution in [2.45, 2.75) is 51.0 Å². The highest BCUT2D eigenvalue weighted by atomic mass is 32.2. The van der Waals surface area contributed by atoms with Crippen LogP contribution in [0.2, 0.25) is 0 Å². The van der Waals surface area contributed by atoms with Crippen LogP contribution in [0.15, 0.2) is 17.3 Å². The van der Waals surface area contributed by atoms with Crippen molar-refractivity contribution >= 4 is 17.7 Å². The third kappa shape index (κ3) is 7.25. The second kappa shape index (κ2) is 9.89. The van der Waals surface area contributed by atoms with Gasteiger partial charge in [-0.25, -0.2) is 0 Å². The summed E-state index contributed by atoms with van der Waals surface area (Å²) in [5.41, 5.74) is 0. The van der Waals surface area contributed by atoms with Gasteiger partial charge in [-0.1, -0.05) is 33.1 Å². The molecule has 5 heteroatoms. The lowest BCUT2D eigenvalue weighted by Gasteiger charge is -2.14. The van der Waals surface area contributed by atoms with Crippen molar-refractivity contribution in [3.63, 3.8) is 0 Å². The number of nitrogens with one attached hydrogen (secondary N) is 1. The molecule has 0 aliphatic rings. The zero-order chi connectivity index (χ0) is 13.9. The van der Waals surface area contributed by atoms with Gasteiger partial charge in [0.2, 0.25) is 0 Å². The van der Waals surface area contributed by atoms with Crippen LogP contribution in [0.5, 0.6) is 0 Å². The van der Waals surface area contributed by atoms with Gasteiger partial charge in [-0.15, -0.1) is 11.8 Å². The molecular weight excluding hydrogens is 260 g/mol. The maximum absolute atomic E-state index is 11.6. The molecular formula is C14H24N2O2S. The number of aromatic nitrogens is 2. The molecule has 1 unspecified atom stereocenters. The molecule has 1 rings (SSSR count). The van der Waals surface area contributed by atoms with E-state index in [9.17, 15) is 4.79 Å². The second-order valence-electron chi connectivity index (χ2n) is 4.62. The Hall–Kier alpha value is -0.970. The molecule has 0 aromatic carbocycles. The van der Waals surface area contributed by atoms with Crippen LogP contribution < -0.4 is 0 Å². The van der Waals surface area contributed by atoms with E-state index in [0.717, 1.165) is 23.6 Å². The van der Waals surface area contributed by atoms with Crippen molar-refractivity contribution in [3.05, 3.63) is 12.3 Å². The molecule has 0 spiro atoms. The number of hydrogen-bond acceptors (Lipinski definition) is 4. The number of esters is 1. The predicted molar refractivity (Wildman–Crippen MR) is 78.2 cm³/mol. The second-order valence-corrected chi connectivity index (χ2v) is 5.76. The van der Waals surface area contributed by atoms with Gasteiger partial charge in [0, 0.05) is 11.9 Å². The van der Waals surface area contributed by atoms with Crippen LogP contribution in [0, 0.1) is 5.92 Å². The first-order valence-corrected chi connectivity index (χ1v) is 8.02. The van der Waals surface area contributed by atoms with E-state index in [4.69, 9.17) is 4.74 Å². The fraction of sp³-hybridized carbons (Fsp3) is 0.714. The molecule has 108 valence electrons. The number of aromatic amines is 1. The van der Waals surface area contributed by atoms with Gasteiger partial charge in [-0.2, -0.15) is 5.10 Å². The molecule has 0 saturated carbocycles. The molecule has 1 N–H and O–H groups in total. The maximum atomic E-state index is 11.6. The Kier molecular flexibility index (Phi) is 8.38. The normalized spacial score (nSPS) is 12.3. The summed E-state index contributed by atoms with van der Waals surface area (Å²) in [6.07, 6.45) is 6.81. The lowest BCUT2D eigenvalue weighted by atomic mass is 10.0. The minimum absolute atomic E-state index is 0.0954. The topological polar surface area (TPSA) is 55.0 Å². The van der Waals surface area contributed by atoms with Gasteiger partial charge < -0.3 is 4.74 Å². The van der Waals surface area contributed by atoms with E-state index in [1.807, 2.05) is 6.07 Å². The molecule has 0 fully saturated rings. The van der Waals surface area contributed by atoms with E-state index in [-0.39, 0.29) is 5.97 Å². The monoisotopic (exact) mass is 284 g/mol. The molecule has 1 heterocycles. The van der Waals surface area contributed by atoms with Crippen LogP contribution in [0.4, 0.5) is 0 Å². The number of thioether (sulfide) groups is 1. The first-order valence-electron chi connectivity index (χ1n) is 7.04. The van der Waals surface area contributed by atoms with Crippen LogP contribution in [-0.2, 0) is 9.53 Å². The smallest absolute Gasteiger partial charge is 0.306 e. The average Bonchev–Trinajstić information content (AvgIpc) is 2.92. The summed E-state index contributed by atoms with van der Waals surface area (Å²) in [6.45, 7) is 4.91. The first-order chi connectivity index (χ1) is 9.26. The SMILES string of the molecule is CCCCC(CC)COC(=O)CCSc1ccn[nH]1. The Balaban J connectivity index is 2.09. The van der Waals surface area contributed by atoms with E-state index in [0.29, 0.717) is 18.9 Å². The summed E-state index contributed by atoms with van der Waals surface area (Å²) in [5.74, 6) is 1.15. The van der Waals surface area contributed by atoms with Crippen molar-refractivity contribution in [1.82, 2.24) is 10.2 Å². The van der Waals surface area contributed by atoms with Crippen molar-refractivity contribution in [3.8, 4) is 0 Å². The molecule has 0 bridgehead atoms. The minimum atomic E-state index is -0.0954. The van der Waals surface area contributed by atoms with Gasteiger partial charge in [0.25, 0.3) is 0 Å². The highest BCUT2D eigenvalue weighted by Crippen LogP contribution is 2.16. The van der Waals surface area contributed by atoms with Crippen molar-refractivity contribution in [1.29, 1.82) is 0 Å². The number of ether oxygens (including phenoxy) is 1. The molecule has 0 aliphatic carbocycles. The molecule has 0 aliphatic heterocycles. The number of unbranched alkanes of at least 4 members (excludes halogenated alkanes) is 1. The predicted octanol–water partition coefficient (Wildman–Crippen LogP) is 3.65. The van der Waals surface area contributed by atoms with E-state index in [1.165, 1.54) is 12.8 Å². The number of nitrogens with zero attached hydrogens (tertiary/aromatic N) is 1. The fourth-order valence-electron chi connectivity index (χ4n) is 1.75. The maximum Gasteiger partial charge on any atom is 0.306 e. The summed E-state index contributed by atoms with van der Waals surface area (Å²) < 4.78 is 5.33. The Morgan fingerprint density at radius 1 is 1.53 bits per heavy atom. The molecule has 1 aromatic heterocycles. The van der Waals surface area contributed by atoms with E-state index in [2.05, 4.69) is 24.0 Å². The van der Waals surface area contributed by atoms with Gasteiger partial charge in [-0.3, -0.25) is 9.89 Å². The average molecular weight is 284 g/mol. The van der Waals surface area contributed by atoms with Gasteiger partial charge in [0.1, 0.15) is 0 Å². The summed E-state index contributed by atoms with van der Waals surface area (Å²) in [6, 6.07) is 1.90. The van der Waals surface area contributed by atoms with Gasteiger partial charge in [-0.05, 0) is 18.4 Å². The lowest BCUT2D eigenvalue weighted by Crippen LogP contribution is -2.14. The Morgan fingerprint density at radius 2 is 2.37 bits per heavy atom. The molecule has 4 nitrogen and oxygen atoms in total. The van der Waals surface area contributed by atoms with Crippen molar-refractivity contribution in [2.24, 2.45) is 5.92 Å². The quantitative estimate of drug-likeness (QED) is 0.526. The van der Waals surface area contributed by atoms with Crippen LogP contribution in [0.3, 0.4) is 0 Å². The highest BCUT2D eigenvalue weighted by Gasteiger charge is 2.10. The molecule has 19 heavy (non-hydrogen) atoms. The minimum Gasteiger partial charge on any atom is -0.465 e. The van der Waals surface area contributed by atoms with Crippen molar-refractivity contribution in [2.75, 3.05) is 12.4 Å². The zero-order valence-electron chi connectivity index (χ0n) is 11.9. The van der Waals surface area contributed by atoms with Gasteiger partial charge in [0.15, 0.2) is 0 Å². The summed E-state index contributed by atoms with van der Waals surface area (Å²) in [7, 11) is 0. The summed E-state index contributed by atoms with van der Waals surface area (Å²) in [5, 5.41) is 7.70. The standard InChI is InChI=1S/C14H24N2O2S/c1-3-5-6-12(4-2)11-18-14(17)8-10-19-13-7-9-15-16-13/h7,9,12H,3-6,8,10-11H2,1-2H3,(H,15,16). The Labute approximate surface area is 119 Å². The van der Waals surface area contributed by atoms with E-state index in [1.54, 1.807) is 18.0 Å². The van der Waals surface area contributed by atoms with Gasteiger partial charge in [0.05, 0.1) is 18.1 Å². The largest absolute Gasteiger partial charge is 0.465 e. The highest BCUT2D eigenvalue weighted by molar-refractivity contribution is 7.99. The Bertz CT molecular complexity index is 341. The van der Waals surface area contributed by atoms with Crippen LogP contribution >= 0.6 is 11.8 Å². The van der Waals surface area contributed by atoms with E-state index >= 15 is 0 Å². The summed E-state index contributed by atoms with van der Waals surface area (Å²) in [4.78, 5) is 11.6. The van der Waals surface area contributed by atoms with Gasteiger partial charge >= 0.3 is 5.97 Å². The molecule has 1 atom stereocenters. The first kappa shape index (κ1) is 16.1. The molecule has 1 aromatic rings. The van der Waals surface area contributed by atoms with Crippen LogP contribution in [0.25, 0.3) is 0 Å². The number of hydrogen-bond donors (Lipinski definition) is 1. The number of rotatable bonds is 10. The number of carbonyl (C=O) groups excluding carboxylic acids is 1. The molecule has 0 saturated heterocycles. The third-order valence-electron chi connectivity index (χ3n) is 3.06. The Morgan fingerprint density at radius 3 is 3.00 bits per heavy atom. The molecule has 0 amide bonds. The van der Waals surface area contributed by atoms with E-state index < -0.39 is 0 Å².